The third-order valence-electron chi connectivity index (χ3n) is 2.57. The van der Waals surface area contributed by atoms with Gasteiger partial charge in [-0.25, -0.2) is 0 Å². The first-order chi connectivity index (χ1) is 8.54. The van der Waals surface area contributed by atoms with E-state index >= 15 is 0 Å². The average Bonchev–Trinajstić information content (AvgIpc) is 2.35. The van der Waals surface area contributed by atoms with Gasteiger partial charge in [0.15, 0.2) is 5.84 Å². The van der Waals surface area contributed by atoms with E-state index in [1.165, 1.54) is 0 Å². The van der Waals surface area contributed by atoms with Crippen molar-refractivity contribution in [3.05, 3.63) is 29.6 Å². The lowest BCUT2D eigenvalue weighted by Gasteiger charge is -2.16. The summed E-state index contributed by atoms with van der Waals surface area (Å²) < 4.78 is 5.74. The summed E-state index contributed by atoms with van der Waals surface area (Å²) in [6.07, 6.45) is 2.78. The van der Waals surface area contributed by atoms with Gasteiger partial charge in [-0.15, -0.1) is 0 Å². The predicted octanol–water partition coefficient (Wildman–Crippen LogP) is 2.13. The van der Waals surface area contributed by atoms with E-state index in [-0.39, 0.29) is 11.9 Å². The Morgan fingerprint density at radius 1 is 1.50 bits per heavy atom. The van der Waals surface area contributed by atoms with Crippen molar-refractivity contribution in [3.8, 4) is 0 Å². The Labute approximate surface area is 108 Å². The van der Waals surface area contributed by atoms with Crippen molar-refractivity contribution in [3.63, 3.8) is 0 Å². The molecule has 0 spiro atoms. The van der Waals surface area contributed by atoms with Crippen molar-refractivity contribution >= 4 is 5.84 Å². The van der Waals surface area contributed by atoms with E-state index < -0.39 is 0 Å². The lowest BCUT2D eigenvalue weighted by atomic mass is 10.1. The van der Waals surface area contributed by atoms with Crippen molar-refractivity contribution in [2.45, 2.75) is 39.9 Å². The first-order valence-corrected chi connectivity index (χ1v) is 6.08. The summed E-state index contributed by atoms with van der Waals surface area (Å²) >= 11 is 0. The van der Waals surface area contributed by atoms with Gasteiger partial charge in [-0.2, -0.15) is 0 Å². The lowest BCUT2D eigenvalue weighted by Crippen LogP contribution is -2.19. The number of rotatable bonds is 6. The molecule has 18 heavy (non-hydrogen) atoms. The second-order valence-electron chi connectivity index (χ2n) is 4.75. The Morgan fingerprint density at radius 3 is 2.83 bits per heavy atom. The highest BCUT2D eigenvalue weighted by atomic mass is 16.5. The normalized spacial score (nSPS) is 13.9. The first-order valence-electron chi connectivity index (χ1n) is 6.08. The molecule has 0 bridgehead atoms. The van der Waals surface area contributed by atoms with E-state index in [4.69, 9.17) is 15.7 Å². The fourth-order valence-corrected chi connectivity index (χ4v) is 1.80. The molecule has 5 nitrogen and oxygen atoms in total. The van der Waals surface area contributed by atoms with Crippen molar-refractivity contribution in [1.82, 2.24) is 4.98 Å². The molecule has 0 aliphatic heterocycles. The van der Waals surface area contributed by atoms with Crippen LogP contribution >= 0.6 is 0 Å². The van der Waals surface area contributed by atoms with Gasteiger partial charge in [-0.05, 0) is 25.3 Å². The molecular weight excluding hydrogens is 230 g/mol. The number of nitrogens with zero attached hydrogens (tertiary/aromatic N) is 2. The SMILES string of the molecule is CC(C)CC(C)OCc1cccnc1C(N)=NO. The van der Waals surface area contributed by atoms with Gasteiger partial charge in [0.25, 0.3) is 0 Å². The largest absolute Gasteiger partial charge is 0.409 e. The molecule has 0 aliphatic rings. The summed E-state index contributed by atoms with van der Waals surface area (Å²) in [5.41, 5.74) is 6.86. The van der Waals surface area contributed by atoms with E-state index in [0.717, 1.165) is 12.0 Å². The second-order valence-corrected chi connectivity index (χ2v) is 4.75. The number of hydrogen-bond acceptors (Lipinski definition) is 4. The Kier molecular flexibility index (Phi) is 5.58. The number of amidine groups is 1. The van der Waals surface area contributed by atoms with Gasteiger partial charge in [0, 0.05) is 11.8 Å². The predicted molar refractivity (Wildman–Crippen MR) is 70.5 cm³/mol. The van der Waals surface area contributed by atoms with Gasteiger partial charge in [0.1, 0.15) is 5.69 Å². The number of oxime groups is 1. The molecule has 1 rings (SSSR count). The smallest absolute Gasteiger partial charge is 0.189 e. The summed E-state index contributed by atoms with van der Waals surface area (Å²) in [5, 5.41) is 11.7. The highest BCUT2D eigenvalue weighted by molar-refractivity contribution is 5.96. The first kappa shape index (κ1) is 14.4. The molecule has 0 saturated heterocycles. The summed E-state index contributed by atoms with van der Waals surface area (Å²) in [6.45, 7) is 6.77. The maximum Gasteiger partial charge on any atom is 0.189 e. The van der Waals surface area contributed by atoms with Crippen LogP contribution in [-0.4, -0.2) is 22.1 Å². The van der Waals surface area contributed by atoms with E-state index in [9.17, 15) is 0 Å². The van der Waals surface area contributed by atoms with Crippen LogP contribution in [0.25, 0.3) is 0 Å². The Hall–Kier alpha value is -1.62. The average molecular weight is 251 g/mol. The van der Waals surface area contributed by atoms with E-state index in [2.05, 4.69) is 24.0 Å². The molecule has 0 amide bonds. The van der Waals surface area contributed by atoms with Crippen LogP contribution in [0.5, 0.6) is 0 Å². The minimum atomic E-state index is 0.00529. The molecule has 1 atom stereocenters. The topological polar surface area (TPSA) is 80.7 Å². The van der Waals surface area contributed by atoms with Crippen LogP contribution in [0, 0.1) is 5.92 Å². The maximum atomic E-state index is 8.69. The van der Waals surface area contributed by atoms with Gasteiger partial charge in [-0.1, -0.05) is 25.1 Å². The zero-order valence-electron chi connectivity index (χ0n) is 11.1. The fraction of sp³-hybridized carbons (Fsp3) is 0.538. The Bertz CT molecular complexity index is 405. The summed E-state index contributed by atoms with van der Waals surface area (Å²) in [4.78, 5) is 4.09. The van der Waals surface area contributed by atoms with E-state index in [1.807, 2.05) is 13.0 Å². The highest BCUT2D eigenvalue weighted by Crippen LogP contribution is 2.12. The number of aromatic nitrogens is 1. The molecule has 3 N–H and O–H groups in total. The molecule has 5 heteroatoms. The molecule has 100 valence electrons. The van der Waals surface area contributed by atoms with E-state index in [0.29, 0.717) is 18.2 Å². The second kappa shape index (κ2) is 6.96. The van der Waals surface area contributed by atoms with Crippen molar-refractivity contribution < 1.29 is 9.94 Å². The molecule has 1 heterocycles. The summed E-state index contributed by atoms with van der Waals surface area (Å²) in [7, 11) is 0. The molecule has 1 aromatic heterocycles. The molecule has 0 aliphatic carbocycles. The van der Waals surface area contributed by atoms with Gasteiger partial charge < -0.3 is 15.7 Å². The van der Waals surface area contributed by atoms with Crippen LogP contribution < -0.4 is 5.73 Å². The molecule has 0 radical (unpaired) electrons. The number of pyridine rings is 1. The van der Waals surface area contributed by atoms with Crippen molar-refractivity contribution in [2.75, 3.05) is 0 Å². The molecular formula is C13H21N3O2. The van der Waals surface area contributed by atoms with Crippen molar-refractivity contribution in [1.29, 1.82) is 0 Å². The number of ether oxygens (including phenoxy) is 1. The Balaban J connectivity index is 2.67. The van der Waals surface area contributed by atoms with E-state index in [1.54, 1.807) is 12.3 Å². The van der Waals surface area contributed by atoms with Gasteiger partial charge in [-0.3, -0.25) is 4.98 Å². The highest BCUT2D eigenvalue weighted by Gasteiger charge is 2.11. The lowest BCUT2D eigenvalue weighted by molar-refractivity contribution is 0.0395. The zero-order valence-corrected chi connectivity index (χ0v) is 11.1. The van der Waals surface area contributed by atoms with Gasteiger partial charge in [0.2, 0.25) is 0 Å². The maximum absolute atomic E-state index is 8.69. The third-order valence-corrected chi connectivity index (χ3v) is 2.57. The van der Waals surface area contributed by atoms with Crippen LogP contribution in [0.1, 0.15) is 38.4 Å². The van der Waals surface area contributed by atoms with Crippen LogP contribution in [0.15, 0.2) is 23.5 Å². The Morgan fingerprint density at radius 2 is 2.22 bits per heavy atom. The molecule has 0 fully saturated rings. The summed E-state index contributed by atoms with van der Waals surface area (Å²) in [6, 6.07) is 3.67. The summed E-state index contributed by atoms with van der Waals surface area (Å²) in [5.74, 6) is 0.600. The molecule has 1 unspecified atom stereocenters. The zero-order chi connectivity index (χ0) is 13.5. The van der Waals surface area contributed by atoms with Crippen LogP contribution in [0.4, 0.5) is 0 Å². The standard InChI is InChI=1S/C13H21N3O2/c1-9(2)7-10(3)18-8-11-5-4-6-15-12(11)13(14)16-17/h4-6,9-10,17H,7-8H2,1-3H3,(H2,14,16). The van der Waals surface area contributed by atoms with Crippen LogP contribution in [0.3, 0.4) is 0 Å². The monoisotopic (exact) mass is 251 g/mol. The third kappa shape index (κ3) is 4.33. The van der Waals surface area contributed by atoms with Crippen LogP contribution in [0.2, 0.25) is 0 Å². The van der Waals surface area contributed by atoms with Crippen molar-refractivity contribution in [2.24, 2.45) is 16.8 Å². The molecule has 0 saturated carbocycles. The minimum absolute atomic E-state index is 0.00529. The minimum Gasteiger partial charge on any atom is -0.409 e. The number of hydrogen-bond donors (Lipinski definition) is 2. The fourth-order valence-electron chi connectivity index (χ4n) is 1.80. The van der Waals surface area contributed by atoms with Gasteiger partial charge in [0.05, 0.1) is 12.7 Å². The quantitative estimate of drug-likeness (QED) is 0.351. The van der Waals surface area contributed by atoms with Gasteiger partial charge >= 0.3 is 0 Å². The van der Waals surface area contributed by atoms with Crippen LogP contribution in [-0.2, 0) is 11.3 Å². The number of nitrogens with two attached hydrogens (primary N) is 1. The molecule has 0 aromatic carbocycles. The molecule has 1 aromatic rings.